The van der Waals surface area contributed by atoms with E-state index in [0.717, 1.165) is 11.8 Å². The summed E-state index contributed by atoms with van der Waals surface area (Å²) in [6, 6.07) is 13.4. The standard InChI is InChI=1S/C18H19ClO2/c1-18(2,3)15-9-7-13(8-10-15)12-21-17-14(11-20)5-4-6-16(17)19/h4-11H,12H2,1-3H3. The number of halogens is 1. The van der Waals surface area contributed by atoms with E-state index in [9.17, 15) is 4.79 Å². The normalized spacial score (nSPS) is 11.2. The van der Waals surface area contributed by atoms with Crippen LogP contribution in [0.15, 0.2) is 42.5 Å². The fraction of sp³-hybridized carbons (Fsp3) is 0.278. The van der Waals surface area contributed by atoms with E-state index in [1.807, 2.05) is 12.1 Å². The molecule has 0 bridgehead atoms. The summed E-state index contributed by atoms with van der Waals surface area (Å²) in [7, 11) is 0. The first-order valence-electron chi connectivity index (χ1n) is 6.88. The number of ether oxygens (including phenoxy) is 1. The Morgan fingerprint density at radius 2 is 1.76 bits per heavy atom. The van der Waals surface area contributed by atoms with Crippen molar-refractivity contribution >= 4 is 17.9 Å². The molecule has 0 saturated carbocycles. The zero-order valence-electron chi connectivity index (χ0n) is 12.5. The van der Waals surface area contributed by atoms with Crippen LogP contribution in [0.5, 0.6) is 5.75 Å². The summed E-state index contributed by atoms with van der Waals surface area (Å²) < 4.78 is 5.71. The number of carbonyl (C=O) groups is 1. The monoisotopic (exact) mass is 302 g/mol. The van der Waals surface area contributed by atoms with Crippen LogP contribution in [0.3, 0.4) is 0 Å². The van der Waals surface area contributed by atoms with Crippen molar-refractivity contribution in [2.75, 3.05) is 0 Å². The Morgan fingerprint density at radius 3 is 2.33 bits per heavy atom. The van der Waals surface area contributed by atoms with E-state index >= 15 is 0 Å². The average Bonchev–Trinajstić information content (AvgIpc) is 2.45. The predicted octanol–water partition coefficient (Wildman–Crippen LogP) is 5.03. The maximum atomic E-state index is 11.0. The second-order valence-electron chi connectivity index (χ2n) is 6.01. The van der Waals surface area contributed by atoms with Crippen molar-refractivity contribution in [2.45, 2.75) is 32.8 Å². The quantitative estimate of drug-likeness (QED) is 0.740. The smallest absolute Gasteiger partial charge is 0.153 e. The molecule has 0 saturated heterocycles. The van der Waals surface area contributed by atoms with Crippen LogP contribution in [-0.2, 0) is 12.0 Å². The molecule has 21 heavy (non-hydrogen) atoms. The van der Waals surface area contributed by atoms with E-state index in [4.69, 9.17) is 16.3 Å². The molecule has 2 nitrogen and oxygen atoms in total. The second kappa shape index (κ2) is 6.31. The van der Waals surface area contributed by atoms with Gasteiger partial charge in [0.25, 0.3) is 0 Å². The minimum Gasteiger partial charge on any atom is -0.487 e. The van der Waals surface area contributed by atoms with Gasteiger partial charge in [-0.3, -0.25) is 4.79 Å². The Labute approximate surface area is 130 Å². The third-order valence-corrected chi connectivity index (χ3v) is 3.63. The lowest BCUT2D eigenvalue weighted by atomic mass is 9.87. The van der Waals surface area contributed by atoms with Crippen LogP contribution in [-0.4, -0.2) is 6.29 Å². The van der Waals surface area contributed by atoms with Crippen LogP contribution in [0, 0.1) is 0 Å². The van der Waals surface area contributed by atoms with Crippen LogP contribution < -0.4 is 4.74 Å². The summed E-state index contributed by atoms with van der Waals surface area (Å²) in [6.07, 6.45) is 0.754. The van der Waals surface area contributed by atoms with Gasteiger partial charge >= 0.3 is 0 Å². The predicted molar refractivity (Wildman–Crippen MR) is 86.3 cm³/mol. The van der Waals surface area contributed by atoms with Crippen LogP contribution in [0.4, 0.5) is 0 Å². The van der Waals surface area contributed by atoms with Crippen molar-refractivity contribution in [1.29, 1.82) is 0 Å². The molecule has 0 unspecified atom stereocenters. The number of hydrogen-bond donors (Lipinski definition) is 0. The average molecular weight is 303 g/mol. The first kappa shape index (κ1) is 15.6. The lowest BCUT2D eigenvalue weighted by Gasteiger charge is -2.19. The minimum absolute atomic E-state index is 0.132. The Kier molecular flexibility index (Phi) is 4.69. The zero-order valence-corrected chi connectivity index (χ0v) is 13.3. The number of para-hydroxylation sites is 1. The van der Waals surface area contributed by atoms with Crippen molar-refractivity contribution in [1.82, 2.24) is 0 Å². The maximum absolute atomic E-state index is 11.0. The molecule has 0 radical (unpaired) electrons. The van der Waals surface area contributed by atoms with Crippen molar-refractivity contribution in [2.24, 2.45) is 0 Å². The highest BCUT2D eigenvalue weighted by molar-refractivity contribution is 6.32. The van der Waals surface area contributed by atoms with Gasteiger partial charge in [-0.25, -0.2) is 0 Å². The molecular formula is C18H19ClO2. The first-order valence-corrected chi connectivity index (χ1v) is 7.25. The molecule has 0 heterocycles. The topological polar surface area (TPSA) is 26.3 Å². The highest BCUT2D eigenvalue weighted by Crippen LogP contribution is 2.28. The van der Waals surface area contributed by atoms with Gasteiger partial charge in [0, 0.05) is 0 Å². The summed E-state index contributed by atoms with van der Waals surface area (Å²) in [6.45, 7) is 6.92. The van der Waals surface area contributed by atoms with Crippen LogP contribution in [0.25, 0.3) is 0 Å². The van der Waals surface area contributed by atoms with Crippen molar-refractivity contribution in [3.8, 4) is 5.75 Å². The number of hydrogen-bond acceptors (Lipinski definition) is 2. The van der Waals surface area contributed by atoms with Gasteiger partial charge in [-0.05, 0) is 28.7 Å². The van der Waals surface area contributed by atoms with Crippen LogP contribution >= 0.6 is 11.6 Å². The van der Waals surface area contributed by atoms with E-state index < -0.39 is 0 Å². The van der Waals surface area contributed by atoms with Gasteiger partial charge in [0.15, 0.2) is 6.29 Å². The molecule has 2 aromatic rings. The van der Waals surface area contributed by atoms with E-state index in [1.165, 1.54) is 5.56 Å². The van der Waals surface area contributed by atoms with Crippen LogP contribution in [0.1, 0.15) is 42.3 Å². The molecule has 110 valence electrons. The van der Waals surface area contributed by atoms with Gasteiger partial charge in [-0.1, -0.05) is 62.7 Å². The number of aldehydes is 1. The number of benzene rings is 2. The van der Waals surface area contributed by atoms with Gasteiger partial charge in [-0.2, -0.15) is 0 Å². The fourth-order valence-corrected chi connectivity index (χ4v) is 2.26. The molecule has 0 aromatic heterocycles. The molecule has 0 fully saturated rings. The third-order valence-electron chi connectivity index (χ3n) is 3.33. The molecule has 2 aromatic carbocycles. The molecule has 0 aliphatic rings. The maximum Gasteiger partial charge on any atom is 0.153 e. The molecule has 2 rings (SSSR count). The molecule has 0 N–H and O–H groups in total. The second-order valence-corrected chi connectivity index (χ2v) is 6.42. The summed E-state index contributed by atoms with van der Waals surface area (Å²) in [5, 5.41) is 0.450. The van der Waals surface area contributed by atoms with E-state index in [1.54, 1.807) is 18.2 Å². The molecular weight excluding hydrogens is 284 g/mol. The van der Waals surface area contributed by atoms with Gasteiger partial charge in [0.1, 0.15) is 12.4 Å². The molecule has 3 heteroatoms. The lowest BCUT2D eigenvalue weighted by molar-refractivity contribution is 0.111. The Hall–Kier alpha value is -1.80. The highest BCUT2D eigenvalue weighted by atomic mass is 35.5. The van der Waals surface area contributed by atoms with Gasteiger partial charge < -0.3 is 4.74 Å². The summed E-state index contributed by atoms with van der Waals surface area (Å²) in [5.74, 6) is 0.439. The number of rotatable bonds is 4. The minimum atomic E-state index is 0.132. The first-order chi connectivity index (χ1) is 9.91. The van der Waals surface area contributed by atoms with Crippen LogP contribution in [0.2, 0.25) is 5.02 Å². The summed E-state index contributed by atoms with van der Waals surface area (Å²) in [4.78, 5) is 11.0. The summed E-state index contributed by atoms with van der Waals surface area (Å²) >= 11 is 6.08. The molecule has 0 amide bonds. The summed E-state index contributed by atoms with van der Waals surface area (Å²) in [5.41, 5.74) is 2.92. The highest BCUT2D eigenvalue weighted by Gasteiger charge is 2.13. The van der Waals surface area contributed by atoms with Gasteiger partial charge in [0.05, 0.1) is 10.6 Å². The Balaban J connectivity index is 2.12. The lowest BCUT2D eigenvalue weighted by Crippen LogP contribution is -2.10. The van der Waals surface area contributed by atoms with Gasteiger partial charge in [-0.15, -0.1) is 0 Å². The van der Waals surface area contributed by atoms with Gasteiger partial charge in [0.2, 0.25) is 0 Å². The van der Waals surface area contributed by atoms with Crippen molar-refractivity contribution in [3.05, 3.63) is 64.2 Å². The molecule has 0 spiro atoms. The fourth-order valence-electron chi connectivity index (χ4n) is 2.03. The zero-order chi connectivity index (χ0) is 15.5. The number of carbonyl (C=O) groups excluding carboxylic acids is 1. The van der Waals surface area contributed by atoms with E-state index in [0.29, 0.717) is 22.9 Å². The van der Waals surface area contributed by atoms with E-state index in [-0.39, 0.29) is 5.41 Å². The Morgan fingerprint density at radius 1 is 1.10 bits per heavy atom. The molecule has 0 aliphatic carbocycles. The van der Waals surface area contributed by atoms with E-state index in [2.05, 4.69) is 32.9 Å². The van der Waals surface area contributed by atoms with Crippen molar-refractivity contribution in [3.63, 3.8) is 0 Å². The van der Waals surface area contributed by atoms with Crippen molar-refractivity contribution < 1.29 is 9.53 Å². The molecule has 0 atom stereocenters. The SMILES string of the molecule is CC(C)(C)c1ccc(COc2c(Cl)cccc2C=O)cc1. The largest absolute Gasteiger partial charge is 0.487 e. The molecule has 0 aliphatic heterocycles. The third kappa shape index (κ3) is 3.85. The Bertz CT molecular complexity index is 625.